The van der Waals surface area contributed by atoms with E-state index < -0.39 is 18.0 Å². The summed E-state index contributed by atoms with van der Waals surface area (Å²) in [5.41, 5.74) is -0.187. The fourth-order valence-electron chi connectivity index (χ4n) is 1.27. The smallest absolute Gasteiger partial charge is 0.352 e. The number of carboxylic acid groups (broad SMARTS) is 1. The zero-order chi connectivity index (χ0) is 13.6. The number of nitrogens with one attached hydrogen (secondary N) is 1. The highest BCUT2D eigenvalue weighted by Gasteiger charge is 2.19. The van der Waals surface area contributed by atoms with E-state index in [1.54, 1.807) is 13.8 Å². The van der Waals surface area contributed by atoms with Crippen molar-refractivity contribution in [2.45, 2.75) is 40.2 Å². The predicted octanol–water partition coefficient (Wildman–Crippen LogP) is 1.13. The van der Waals surface area contributed by atoms with Gasteiger partial charge in [-0.2, -0.15) is 0 Å². The van der Waals surface area contributed by atoms with E-state index in [0.717, 1.165) is 0 Å². The molecule has 5 heteroatoms. The number of aliphatic hydroxyl groups is 1. The summed E-state index contributed by atoms with van der Waals surface area (Å²) >= 11 is 0. The minimum absolute atomic E-state index is 0.00337. The van der Waals surface area contributed by atoms with Crippen LogP contribution in [0.3, 0.4) is 0 Å². The summed E-state index contributed by atoms with van der Waals surface area (Å²) in [6.07, 6.45) is 0.563. The van der Waals surface area contributed by atoms with Gasteiger partial charge in [0.2, 0.25) is 0 Å². The summed E-state index contributed by atoms with van der Waals surface area (Å²) in [7, 11) is 0. The number of hydrogen-bond acceptors (Lipinski definition) is 3. The summed E-state index contributed by atoms with van der Waals surface area (Å²) in [5.74, 6) is -1.71. The molecular formula is C12H21NO4. The van der Waals surface area contributed by atoms with E-state index >= 15 is 0 Å². The maximum absolute atomic E-state index is 11.5. The van der Waals surface area contributed by atoms with E-state index in [9.17, 15) is 14.7 Å². The van der Waals surface area contributed by atoms with Crippen LogP contribution in [0, 0.1) is 11.8 Å². The molecule has 0 bridgehead atoms. The molecule has 0 fully saturated rings. The zero-order valence-electron chi connectivity index (χ0n) is 10.7. The van der Waals surface area contributed by atoms with Gasteiger partial charge in [0.15, 0.2) is 0 Å². The number of hydrogen-bond donors (Lipinski definition) is 3. The molecule has 0 rings (SSSR count). The van der Waals surface area contributed by atoms with Crippen LogP contribution in [-0.2, 0) is 9.59 Å². The first-order valence-corrected chi connectivity index (χ1v) is 5.68. The fraction of sp³-hybridized carbons (Fsp3) is 0.667. The lowest BCUT2D eigenvalue weighted by Gasteiger charge is -2.13. The third-order valence-electron chi connectivity index (χ3n) is 1.99. The topological polar surface area (TPSA) is 86.6 Å². The summed E-state index contributed by atoms with van der Waals surface area (Å²) in [6, 6.07) is 0. The Bertz CT molecular complexity index is 308. The van der Waals surface area contributed by atoms with Crippen molar-refractivity contribution in [3.05, 3.63) is 11.8 Å². The van der Waals surface area contributed by atoms with Gasteiger partial charge in [-0.05, 0) is 18.3 Å². The van der Waals surface area contributed by atoms with Crippen molar-refractivity contribution in [1.29, 1.82) is 0 Å². The second-order valence-corrected chi connectivity index (χ2v) is 4.76. The molecular weight excluding hydrogens is 222 g/mol. The van der Waals surface area contributed by atoms with Gasteiger partial charge >= 0.3 is 5.97 Å². The minimum Gasteiger partial charge on any atom is -0.477 e. The summed E-state index contributed by atoms with van der Waals surface area (Å²) < 4.78 is 0. The normalized spacial score (nSPS) is 13.9. The van der Waals surface area contributed by atoms with Gasteiger partial charge in [-0.15, -0.1) is 0 Å². The van der Waals surface area contributed by atoms with E-state index in [1.165, 1.54) is 6.08 Å². The number of carboxylic acids is 1. The standard InChI is InChI=1S/C12H21NO4/c1-7(2)5-9(12(16)17)13-11(15)10(14)6-8(3)4/h5,7-8,10,14H,6H2,1-4H3,(H,13,15)(H,16,17)/b9-5+/t10-/m0/s1. The van der Waals surface area contributed by atoms with Crippen molar-refractivity contribution in [2.75, 3.05) is 0 Å². The molecule has 1 atom stereocenters. The van der Waals surface area contributed by atoms with Gasteiger partial charge in [-0.25, -0.2) is 4.79 Å². The van der Waals surface area contributed by atoms with Gasteiger partial charge in [-0.1, -0.05) is 33.8 Å². The molecule has 0 aromatic carbocycles. The van der Waals surface area contributed by atoms with Crippen LogP contribution in [0.4, 0.5) is 0 Å². The average molecular weight is 243 g/mol. The second-order valence-electron chi connectivity index (χ2n) is 4.76. The second kappa shape index (κ2) is 7.06. The highest BCUT2D eigenvalue weighted by molar-refractivity contribution is 5.93. The monoisotopic (exact) mass is 243 g/mol. The van der Waals surface area contributed by atoms with Crippen molar-refractivity contribution in [2.24, 2.45) is 11.8 Å². The Labute approximate surface area is 102 Å². The Kier molecular flexibility index (Phi) is 6.50. The largest absolute Gasteiger partial charge is 0.477 e. The third-order valence-corrected chi connectivity index (χ3v) is 1.99. The van der Waals surface area contributed by atoms with Gasteiger partial charge in [0.1, 0.15) is 11.8 Å². The van der Waals surface area contributed by atoms with Crippen LogP contribution in [0.5, 0.6) is 0 Å². The van der Waals surface area contributed by atoms with Crippen LogP contribution in [0.25, 0.3) is 0 Å². The number of carbonyl (C=O) groups is 2. The molecule has 5 nitrogen and oxygen atoms in total. The van der Waals surface area contributed by atoms with E-state index in [4.69, 9.17) is 5.11 Å². The van der Waals surface area contributed by atoms with E-state index in [0.29, 0.717) is 6.42 Å². The molecule has 0 aliphatic heterocycles. The van der Waals surface area contributed by atoms with Crippen molar-refractivity contribution >= 4 is 11.9 Å². The molecule has 3 N–H and O–H groups in total. The molecule has 0 spiro atoms. The molecule has 17 heavy (non-hydrogen) atoms. The van der Waals surface area contributed by atoms with E-state index in [2.05, 4.69) is 5.32 Å². The van der Waals surface area contributed by atoms with Crippen LogP contribution in [0.15, 0.2) is 11.8 Å². The highest BCUT2D eigenvalue weighted by atomic mass is 16.4. The van der Waals surface area contributed by atoms with Crippen LogP contribution in [0.2, 0.25) is 0 Å². The number of carbonyl (C=O) groups excluding carboxylic acids is 1. The number of aliphatic carboxylic acids is 1. The summed E-state index contributed by atoms with van der Waals surface area (Å²) in [4.78, 5) is 22.4. The third kappa shape index (κ3) is 6.73. The first-order chi connectivity index (χ1) is 7.73. The molecule has 0 radical (unpaired) electrons. The summed E-state index contributed by atoms with van der Waals surface area (Å²) in [6.45, 7) is 7.36. The maximum Gasteiger partial charge on any atom is 0.352 e. The molecule has 98 valence electrons. The van der Waals surface area contributed by atoms with Crippen LogP contribution >= 0.6 is 0 Å². The van der Waals surface area contributed by atoms with Gasteiger partial charge in [-0.3, -0.25) is 4.79 Å². The molecule has 0 heterocycles. The Morgan fingerprint density at radius 1 is 1.24 bits per heavy atom. The number of allylic oxidation sites excluding steroid dienone is 1. The highest BCUT2D eigenvalue weighted by Crippen LogP contribution is 2.06. The van der Waals surface area contributed by atoms with Crippen molar-refractivity contribution in [3.63, 3.8) is 0 Å². The first-order valence-electron chi connectivity index (χ1n) is 5.68. The number of rotatable bonds is 6. The molecule has 0 aromatic rings. The van der Waals surface area contributed by atoms with Gasteiger partial charge in [0.05, 0.1) is 0 Å². The SMILES string of the molecule is CC(C)/C=C(/NC(=O)[C@@H](O)CC(C)C)C(=O)O. The van der Waals surface area contributed by atoms with Crippen molar-refractivity contribution in [3.8, 4) is 0 Å². The minimum atomic E-state index is -1.20. The Hall–Kier alpha value is -1.36. The van der Waals surface area contributed by atoms with Gasteiger partial charge in [0.25, 0.3) is 5.91 Å². The molecule has 0 aromatic heterocycles. The Balaban J connectivity index is 4.57. The molecule has 0 saturated carbocycles. The fourth-order valence-corrected chi connectivity index (χ4v) is 1.27. The molecule has 0 saturated heterocycles. The van der Waals surface area contributed by atoms with Crippen molar-refractivity contribution < 1.29 is 19.8 Å². The molecule has 0 aliphatic carbocycles. The van der Waals surface area contributed by atoms with E-state index in [1.807, 2.05) is 13.8 Å². The van der Waals surface area contributed by atoms with Crippen LogP contribution in [0.1, 0.15) is 34.1 Å². The van der Waals surface area contributed by atoms with Crippen LogP contribution < -0.4 is 5.32 Å². The van der Waals surface area contributed by atoms with Crippen LogP contribution in [-0.4, -0.2) is 28.2 Å². The lowest BCUT2D eigenvalue weighted by Crippen LogP contribution is -2.37. The maximum atomic E-state index is 11.5. The van der Waals surface area contributed by atoms with Gasteiger partial charge in [0, 0.05) is 0 Å². The molecule has 0 aliphatic rings. The average Bonchev–Trinajstić information content (AvgIpc) is 2.14. The lowest BCUT2D eigenvalue weighted by atomic mass is 10.1. The first kappa shape index (κ1) is 15.6. The molecule has 1 amide bonds. The number of amides is 1. The van der Waals surface area contributed by atoms with E-state index in [-0.39, 0.29) is 17.5 Å². The Morgan fingerprint density at radius 2 is 1.76 bits per heavy atom. The quantitative estimate of drug-likeness (QED) is 0.610. The lowest BCUT2D eigenvalue weighted by molar-refractivity contribution is -0.136. The van der Waals surface area contributed by atoms with Crippen molar-refractivity contribution in [1.82, 2.24) is 5.32 Å². The zero-order valence-corrected chi connectivity index (χ0v) is 10.7. The summed E-state index contributed by atoms with van der Waals surface area (Å²) in [5, 5.41) is 20.6. The predicted molar refractivity (Wildman–Crippen MR) is 64.2 cm³/mol. The molecule has 0 unspecified atom stereocenters. The van der Waals surface area contributed by atoms with Gasteiger partial charge < -0.3 is 15.5 Å². The Morgan fingerprint density at radius 3 is 2.12 bits per heavy atom. The number of aliphatic hydroxyl groups excluding tert-OH is 1.